The SMILES string of the molecule is COC1C=C2CC(OC(C)=O)CCC2(C)C2CCC3(C)C(C(C)CCCC(C)C)CCC3C12. The molecule has 0 aromatic heterocycles. The van der Waals surface area contributed by atoms with E-state index in [2.05, 4.69) is 40.7 Å². The van der Waals surface area contributed by atoms with E-state index < -0.39 is 0 Å². The van der Waals surface area contributed by atoms with Crippen LogP contribution in [0.3, 0.4) is 0 Å². The standard InChI is InChI=1S/C30H50O3/c1-19(2)9-8-10-20(3)24-11-12-25-28-26(14-16-30(24,25)6)29(5)15-13-23(33-21(4)31)17-22(29)18-27(28)32-7/h18-20,23-28H,8-17H2,1-7H3. The topological polar surface area (TPSA) is 35.5 Å². The molecule has 0 bridgehead atoms. The molecule has 0 spiro atoms. The van der Waals surface area contributed by atoms with Crippen LogP contribution in [0.5, 0.6) is 0 Å². The first kappa shape index (κ1) is 25.3. The number of carbonyl (C=O) groups excluding carboxylic acids is 1. The van der Waals surface area contributed by atoms with Gasteiger partial charge in [0.15, 0.2) is 0 Å². The van der Waals surface area contributed by atoms with E-state index in [1.807, 2.05) is 7.11 Å². The van der Waals surface area contributed by atoms with Crippen LogP contribution in [-0.2, 0) is 14.3 Å². The van der Waals surface area contributed by atoms with Crippen LogP contribution in [0.1, 0.15) is 106 Å². The van der Waals surface area contributed by atoms with Crippen molar-refractivity contribution < 1.29 is 14.3 Å². The van der Waals surface area contributed by atoms with Gasteiger partial charge in [-0.25, -0.2) is 0 Å². The van der Waals surface area contributed by atoms with Crippen LogP contribution in [0.15, 0.2) is 11.6 Å². The molecule has 4 aliphatic carbocycles. The van der Waals surface area contributed by atoms with Gasteiger partial charge in [-0.05, 0) is 84.9 Å². The minimum atomic E-state index is -0.144. The summed E-state index contributed by atoms with van der Waals surface area (Å²) < 4.78 is 11.9. The summed E-state index contributed by atoms with van der Waals surface area (Å²) in [5.41, 5.74) is 2.22. The summed E-state index contributed by atoms with van der Waals surface area (Å²) in [6.07, 6.45) is 15.4. The first-order valence-corrected chi connectivity index (χ1v) is 14.0. The van der Waals surface area contributed by atoms with E-state index in [1.54, 1.807) is 6.92 Å². The van der Waals surface area contributed by atoms with Crippen molar-refractivity contribution in [1.82, 2.24) is 0 Å². The summed E-state index contributed by atoms with van der Waals surface area (Å²) in [5.74, 6) is 4.50. The summed E-state index contributed by atoms with van der Waals surface area (Å²) in [7, 11) is 1.92. The van der Waals surface area contributed by atoms with Gasteiger partial charge in [0.25, 0.3) is 0 Å². The zero-order chi connectivity index (χ0) is 24.0. The average Bonchev–Trinajstić information content (AvgIpc) is 3.10. The minimum Gasteiger partial charge on any atom is -0.462 e. The number of ether oxygens (including phenoxy) is 2. The van der Waals surface area contributed by atoms with Crippen LogP contribution in [-0.4, -0.2) is 25.3 Å². The highest BCUT2D eigenvalue weighted by Gasteiger charge is 2.61. The number of esters is 1. The number of hydrogen-bond acceptors (Lipinski definition) is 3. The van der Waals surface area contributed by atoms with E-state index in [1.165, 1.54) is 50.5 Å². The van der Waals surface area contributed by atoms with E-state index in [0.717, 1.165) is 42.9 Å². The Bertz CT molecular complexity index is 741. The van der Waals surface area contributed by atoms with Crippen LogP contribution in [0.4, 0.5) is 0 Å². The summed E-state index contributed by atoms with van der Waals surface area (Å²) in [6.45, 7) is 14.0. The maximum absolute atomic E-state index is 11.6. The molecule has 4 rings (SSSR count). The Labute approximate surface area is 203 Å². The van der Waals surface area contributed by atoms with Crippen molar-refractivity contribution in [2.24, 2.45) is 46.3 Å². The second-order valence-corrected chi connectivity index (χ2v) is 13.1. The Morgan fingerprint density at radius 1 is 1.06 bits per heavy atom. The van der Waals surface area contributed by atoms with Gasteiger partial charge in [0.05, 0.1) is 6.10 Å². The lowest BCUT2D eigenvalue weighted by Crippen LogP contribution is -2.55. The molecule has 0 aromatic carbocycles. The van der Waals surface area contributed by atoms with E-state index in [9.17, 15) is 4.79 Å². The molecule has 0 saturated heterocycles. The average molecular weight is 459 g/mol. The highest BCUT2D eigenvalue weighted by atomic mass is 16.5. The van der Waals surface area contributed by atoms with Gasteiger partial charge in [-0.3, -0.25) is 4.79 Å². The highest BCUT2D eigenvalue weighted by Crippen LogP contribution is 2.67. The third kappa shape index (κ3) is 4.57. The first-order chi connectivity index (χ1) is 15.6. The molecule has 0 aromatic rings. The van der Waals surface area contributed by atoms with E-state index in [4.69, 9.17) is 9.47 Å². The molecule has 3 fully saturated rings. The summed E-state index contributed by atoms with van der Waals surface area (Å²) in [6, 6.07) is 0. The van der Waals surface area contributed by atoms with Crippen LogP contribution >= 0.6 is 0 Å². The van der Waals surface area contributed by atoms with Gasteiger partial charge in [0.2, 0.25) is 0 Å². The third-order valence-corrected chi connectivity index (χ3v) is 10.9. The molecule has 4 aliphatic rings. The largest absolute Gasteiger partial charge is 0.462 e. The van der Waals surface area contributed by atoms with Crippen molar-refractivity contribution in [2.75, 3.05) is 7.11 Å². The van der Waals surface area contributed by atoms with Gasteiger partial charge in [-0.1, -0.05) is 65.5 Å². The van der Waals surface area contributed by atoms with Crippen molar-refractivity contribution in [1.29, 1.82) is 0 Å². The van der Waals surface area contributed by atoms with Gasteiger partial charge in [-0.2, -0.15) is 0 Å². The third-order valence-electron chi connectivity index (χ3n) is 10.9. The monoisotopic (exact) mass is 458 g/mol. The number of rotatable bonds is 7. The van der Waals surface area contributed by atoms with Crippen molar-refractivity contribution in [2.45, 2.75) is 118 Å². The smallest absolute Gasteiger partial charge is 0.302 e. The summed E-state index contributed by atoms with van der Waals surface area (Å²) >= 11 is 0. The fraction of sp³-hybridized carbons (Fsp3) is 0.900. The van der Waals surface area contributed by atoms with Crippen LogP contribution in [0.25, 0.3) is 0 Å². The van der Waals surface area contributed by atoms with Gasteiger partial charge < -0.3 is 9.47 Å². The molecule has 0 radical (unpaired) electrons. The van der Waals surface area contributed by atoms with Crippen molar-refractivity contribution in [3.63, 3.8) is 0 Å². The lowest BCUT2D eigenvalue weighted by Gasteiger charge is -2.60. The molecule has 3 heteroatoms. The molecule has 0 amide bonds. The molecule has 33 heavy (non-hydrogen) atoms. The normalized spacial score (nSPS) is 43.3. The van der Waals surface area contributed by atoms with Crippen molar-refractivity contribution in [3.8, 4) is 0 Å². The fourth-order valence-corrected chi connectivity index (χ4v) is 9.17. The number of fused-ring (bicyclic) bond motifs is 5. The van der Waals surface area contributed by atoms with Crippen molar-refractivity contribution in [3.05, 3.63) is 11.6 Å². The lowest BCUT2D eigenvalue weighted by molar-refractivity contribution is -0.149. The maximum atomic E-state index is 11.6. The fourth-order valence-electron chi connectivity index (χ4n) is 9.17. The van der Waals surface area contributed by atoms with Gasteiger partial charge >= 0.3 is 5.97 Å². The second kappa shape index (κ2) is 9.67. The Hall–Kier alpha value is -0.830. The second-order valence-electron chi connectivity index (χ2n) is 13.1. The Morgan fingerprint density at radius 2 is 1.82 bits per heavy atom. The Morgan fingerprint density at radius 3 is 2.48 bits per heavy atom. The molecular weight excluding hydrogens is 408 g/mol. The van der Waals surface area contributed by atoms with Gasteiger partial charge in [0, 0.05) is 20.5 Å². The molecule has 9 atom stereocenters. The quantitative estimate of drug-likeness (QED) is 0.291. The van der Waals surface area contributed by atoms with Crippen LogP contribution in [0, 0.1) is 46.3 Å². The molecule has 0 aliphatic heterocycles. The molecule has 188 valence electrons. The number of carbonyl (C=O) groups is 1. The lowest BCUT2D eigenvalue weighted by atomic mass is 9.46. The highest BCUT2D eigenvalue weighted by molar-refractivity contribution is 5.66. The first-order valence-electron chi connectivity index (χ1n) is 14.0. The van der Waals surface area contributed by atoms with Gasteiger partial charge in [-0.15, -0.1) is 0 Å². The maximum Gasteiger partial charge on any atom is 0.302 e. The summed E-state index contributed by atoms with van der Waals surface area (Å²) in [5, 5.41) is 0. The summed E-state index contributed by atoms with van der Waals surface area (Å²) in [4.78, 5) is 11.6. The van der Waals surface area contributed by atoms with Crippen molar-refractivity contribution >= 4 is 5.97 Å². The van der Waals surface area contributed by atoms with E-state index >= 15 is 0 Å². The Balaban J connectivity index is 1.55. The molecular formula is C30H50O3. The molecule has 9 unspecified atom stereocenters. The van der Waals surface area contributed by atoms with E-state index in [-0.39, 0.29) is 23.6 Å². The zero-order valence-electron chi connectivity index (χ0n) is 22.5. The minimum absolute atomic E-state index is 0.0484. The predicted octanol–water partition coefficient (Wildman–Crippen LogP) is 7.58. The van der Waals surface area contributed by atoms with Crippen LogP contribution < -0.4 is 0 Å². The van der Waals surface area contributed by atoms with Gasteiger partial charge in [0.1, 0.15) is 6.10 Å². The molecule has 0 N–H and O–H groups in total. The number of hydrogen-bond donors (Lipinski definition) is 0. The predicted molar refractivity (Wildman–Crippen MR) is 135 cm³/mol. The Kier molecular flexibility index (Phi) is 7.40. The zero-order valence-corrected chi connectivity index (χ0v) is 22.5. The molecule has 3 saturated carbocycles. The number of methoxy groups -OCH3 is 1. The van der Waals surface area contributed by atoms with Crippen LogP contribution in [0.2, 0.25) is 0 Å². The molecule has 3 nitrogen and oxygen atoms in total. The van der Waals surface area contributed by atoms with E-state index in [0.29, 0.717) is 17.3 Å². The molecule has 0 heterocycles.